The highest BCUT2D eigenvalue weighted by Gasteiger charge is 2.16. The first-order chi connectivity index (χ1) is 10.1. The number of esters is 1. The van der Waals surface area contributed by atoms with Crippen LogP contribution in [0.25, 0.3) is 0 Å². The summed E-state index contributed by atoms with van der Waals surface area (Å²) < 4.78 is 6.38. The Bertz CT molecular complexity index is 727. The molecule has 0 bridgehead atoms. The number of halogens is 1. The number of hydrogen-bond acceptors (Lipinski definition) is 3. The quantitative estimate of drug-likeness (QED) is 0.484. The molecule has 0 unspecified atom stereocenters. The van der Waals surface area contributed by atoms with Gasteiger partial charge in [-0.15, -0.1) is 0 Å². The number of fused-ring (bicyclic) bond motifs is 1. The van der Waals surface area contributed by atoms with Gasteiger partial charge in [0.25, 0.3) is 0 Å². The Morgan fingerprint density at radius 3 is 2.81 bits per heavy atom. The molecule has 1 aliphatic heterocycles. The van der Waals surface area contributed by atoms with E-state index in [4.69, 9.17) is 4.74 Å². The van der Waals surface area contributed by atoms with Crippen molar-refractivity contribution in [2.45, 2.75) is 12.8 Å². The molecule has 0 aromatic heterocycles. The van der Waals surface area contributed by atoms with Crippen molar-refractivity contribution >= 4 is 40.2 Å². The maximum Gasteiger partial charge on any atom is 0.343 e. The number of carbonyl (C=O) groups is 2. The number of hydrogen-bond donors (Lipinski definition) is 1. The highest BCUT2D eigenvalue weighted by Crippen LogP contribution is 2.27. The Kier molecular flexibility index (Phi) is 3.92. The van der Waals surface area contributed by atoms with Crippen LogP contribution in [0.3, 0.4) is 0 Å². The average Bonchev–Trinajstić information content (AvgIpc) is 2.47. The van der Waals surface area contributed by atoms with E-state index < -0.39 is 0 Å². The van der Waals surface area contributed by atoms with Crippen LogP contribution in [-0.4, -0.2) is 11.9 Å². The molecule has 5 heteroatoms. The summed E-state index contributed by atoms with van der Waals surface area (Å²) >= 11 is 2.15. The predicted octanol–water partition coefficient (Wildman–Crippen LogP) is 3.40. The predicted molar refractivity (Wildman–Crippen MR) is 87.5 cm³/mol. The normalized spacial score (nSPS) is 13.3. The van der Waals surface area contributed by atoms with Crippen molar-refractivity contribution in [3.05, 3.63) is 57.2 Å². The molecule has 1 aliphatic rings. The summed E-state index contributed by atoms with van der Waals surface area (Å²) in [6, 6.07) is 12.5. The molecular weight excluding hydrogens is 381 g/mol. The Hall–Kier alpha value is -1.89. The fraction of sp³-hybridized carbons (Fsp3) is 0.125. The summed E-state index contributed by atoms with van der Waals surface area (Å²) in [4.78, 5) is 23.4. The van der Waals surface area contributed by atoms with Crippen LogP contribution in [0.15, 0.2) is 42.5 Å². The van der Waals surface area contributed by atoms with Crippen LogP contribution in [0.4, 0.5) is 5.69 Å². The van der Waals surface area contributed by atoms with Gasteiger partial charge in [0.05, 0.1) is 5.56 Å². The zero-order valence-electron chi connectivity index (χ0n) is 11.1. The Balaban J connectivity index is 1.79. The van der Waals surface area contributed by atoms with Crippen molar-refractivity contribution in [1.82, 2.24) is 0 Å². The van der Waals surface area contributed by atoms with Crippen LogP contribution in [0, 0.1) is 3.57 Å². The third-order valence-electron chi connectivity index (χ3n) is 3.24. The van der Waals surface area contributed by atoms with E-state index in [9.17, 15) is 9.59 Å². The highest BCUT2D eigenvalue weighted by atomic mass is 127. The zero-order valence-corrected chi connectivity index (χ0v) is 13.2. The van der Waals surface area contributed by atoms with E-state index in [0.717, 1.165) is 14.8 Å². The zero-order chi connectivity index (χ0) is 14.8. The summed E-state index contributed by atoms with van der Waals surface area (Å²) in [6.45, 7) is 0. The molecule has 0 radical (unpaired) electrons. The molecule has 4 nitrogen and oxygen atoms in total. The van der Waals surface area contributed by atoms with E-state index in [1.54, 1.807) is 30.3 Å². The Morgan fingerprint density at radius 2 is 2.00 bits per heavy atom. The Morgan fingerprint density at radius 1 is 1.14 bits per heavy atom. The fourth-order valence-electron chi connectivity index (χ4n) is 2.20. The number of benzene rings is 2. The second kappa shape index (κ2) is 5.85. The van der Waals surface area contributed by atoms with Gasteiger partial charge in [-0.25, -0.2) is 4.79 Å². The van der Waals surface area contributed by atoms with Gasteiger partial charge in [0.2, 0.25) is 5.91 Å². The monoisotopic (exact) mass is 393 g/mol. The number of amides is 1. The topological polar surface area (TPSA) is 55.4 Å². The molecule has 21 heavy (non-hydrogen) atoms. The Labute approximate surface area is 135 Å². The van der Waals surface area contributed by atoms with Crippen LogP contribution in [0.5, 0.6) is 5.75 Å². The van der Waals surface area contributed by atoms with Crippen molar-refractivity contribution in [1.29, 1.82) is 0 Å². The first-order valence-electron chi connectivity index (χ1n) is 6.52. The summed E-state index contributed by atoms with van der Waals surface area (Å²) in [7, 11) is 0. The largest absolute Gasteiger partial charge is 0.423 e. The van der Waals surface area contributed by atoms with Crippen LogP contribution < -0.4 is 10.1 Å². The summed E-state index contributed by atoms with van der Waals surface area (Å²) in [5, 5.41) is 2.80. The maximum atomic E-state index is 12.1. The molecule has 1 heterocycles. The number of carbonyl (C=O) groups excluding carboxylic acids is 2. The third kappa shape index (κ3) is 3.24. The van der Waals surface area contributed by atoms with Crippen LogP contribution in [0.1, 0.15) is 22.3 Å². The SMILES string of the molecule is O=C1CCc2cc(OC(=O)c3cccc(I)c3)ccc2N1. The van der Waals surface area contributed by atoms with E-state index in [1.807, 2.05) is 12.1 Å². The minimum Gasteiger partial charge on any atom is -0.423 e. The van der Waals surface area contributed by atoms with Gasteiger partial charge in [-0.3, -0.25) is 4.79 Å². The molecule has 0 atom stereocenters. The van der Waals surface area contributed by atoms with Crippen molar-refractivity contribution in [3.8, 4) is 5.75 Å². The summed E-state index contributed by atoms with van der Waals surface area (Å²) in [5.41, 5.74) is 2.30. The number of nitrogens with one attached hydrogen (secondary N) is 1. The third-order valence-corrected chi connectivity index (χ3v) is 3.91. The molecule has 106 valence electrons. The second-order valence-corrected chi connectivity index (χ2v) is 6.01. The molecule has 1 amide bonds. The van der Waals surface area contributed by atoms with Gasteiger partial charge in [-0.05, 0) is 71.0 Å². The number of anilines is 1. The molecule has 3 rings (SSSR count). The molecular formula is C16H12INO3. The minimum atomic E-state index is -0.381. The van der Waals surface area contributed by atoms with Gasteiger partial charge in [-0.1, -0.05) is 6.07 Å². The second-order valence-electron chi connectivity index (χ2n) is 4.77. The van der Waals surface area contributed by atoms with Crippen LogP contribution in [0.2, 0.25) is 0 Å². The smallest absolute Gasteiger partial charge is 0.343 e. The fourth-order valence-corrected chi connectivity index (χ4v) is 2.75. The lowest BCUT2D eigenvalue weighted by molar-refractivity contribution is -0.116. The number of ether oxygens (including phenoxy) is 1. The van der Waals surface area contributed by atoms with Crippen LogP contribution in [-0.2, 0) is 11.2 Å². The molecule has 0 fully saturated rings. The van der Waals surface area contributed by atoms with E-state index in [2.05, 4.69) is 27.9 Å². The molecule has 0 saturated heterocycles. The number of aryl methyl sites for hydroxylation is 1. The van der Waals surface area contributed by atoms with E-state index in [0.29, 0.717) is 24.2 Å². The number of rotatable bonds is 2. The molecule has 0 saturated carbocycles. The first kappa shape index (κ1) is 14.1. The first-order valence-corrected chi connectivity index (χ1v) is 7.60. The molecule has 2 aromatic rings. The van der Waals surface area contributed by atoms with E-state index in [1.165, 1.54) is 0 Å². The molecule has 1 N–H and O–H groups in total. The van der Waals surface area contributed by atoms with Crippen molar-refractivity contribution < 1.29 is 14.3 Å². The summed E-state index contributed by atoms with van der Waals surface area (Å²) in [5.74, 6) is 0.133. The van der Waals surface area contributed by atoms with Gasteiger partial charge < -0.3 is 10.1 Å². The van der Waals surface area contributed by atoms with Crippen molar-refractivity contribution in [2.24, 2.45) is 0 Å². The van der Waals surface area contributed by atoms with E-state index in [-0.39, 0.29) is 11.9 Å². The van der Waals surface area contributed by atoms with E-state index >= 15 is 0 Å². The van der Waals surface area contributed by atoms with Crippen LogP contribution >= 0.6 is 22.6 Å². The lowest BCUT2D eigenvalue weighted by Gasteiger charge is -2.17. The summed E-state index contributed by atoms with van der Waals surface area (Å²) in [6.07, 6.45) is 1.12. The van der Waals surface area contributed by atoms with Crippen molar-refractivity contribution in [2.75, 3.05) is 5.32 Å². The van der Waals surface area contributed by atoms with Gasteiger partial charge in [-0.2, -0.15) is 0 Å². The average molecular weight is 393 g/mol. The lowest BCUT2D eigenvalue weighted by atomic mass is 10.0. The molecule has 0 spiro atoms. The van der Waals surface area contributed by atoms with Gasteiger partial charge in [0, 0.05) is 15.7 Å². The maximum absolute atomic E-state index is 12.1. The molecule has 0 aliphatic carbocycles. The molecule has 2 aromatic carbocycles. The minimum absolute atomic E-state index is 0.0195. The van der Waals surface area contributed by atoms with Gasteiger partial charge in [0.1, 0.15) is 5.75 Å². The standard InChI is InChI=1S/C16H12INO3/c17-12-3-1-2-11(8-12)16(20)21-13-5-6-14-10(9-13)4-7-15(19)18-14/h1-3,5-6,8-9H,4,7H2,(H,18,19). The van der Waals surface area contributed by atoms with Gasteiger partial charge >= 0.3 is 5.97 Å². The van der Waals surface area contributed by atoms with Crippen molar-refractivity contribution in [3.63, 3.8) is 0 Å². The lowest BCUT2D eigenvalue weighted by Crippen LogP contribution is -2.19. The highest BCUT2D eigenvalue weighted by molar-refractivity contribution is 14.1. The van der Waals surface area contributed by atoms with Gasteiger partial charge in [0.15, 0.2) is 0 Å².